The second-order valence-electron chi connectivity index (χ2n) is 4.79. The lowest BCUT2D eigenvalue weighted by atomic mass is 9.96. The fraction of sp³-hybridized carbons (Fsp3) is 0.176. The summed E-state index contributed by atoms with van der Waals surface area (Å²) in [4.78, 5) is 24.0. The molecule has 0 aromatic heterocycles. The van der Waals surface area contributed by atoms with Crippen molar-refractivity contribution in [2.75, 3.05) is 0 Å². The maximum absolute atomic E-state index is 13.5. The van der Waals surface area contributed by atoms with Crippen molar-refractivity contribution in [3.63, 3.8) is 0 Å². The van der Waals surface area contributed by atoms with Crippen molar-refractivity contribution in [3.05, 3.63) is 71.5 Å². The number of carbonyl (C=O) groups excluding carboxylic acids is 2. The number of rotatable bonds is 4. The van der Waals surface area contributed by atoms with Crippen LogP contribution in [0.5, 0.6) is 0 Å². The summed E-state index contributed by atoms with van der Waals surface area (Å²) >= 11 is 0. The number of carbonyl (C=O) groups is 2. The van der Waals surface area contributed by atoms with Gasteiger partial charge in [-0.1, -0.05) is 49.4 Å². The van der Waals surface area contributed by atoms with Crippen molar-refractivity contribution in [1.82, 2.24) is 10.9 Å². The molecule has 4 nitrogen and oxygen atoms in total. The molecular formula is C17H17FN2O2. The molecule has 1 atom stereocenters. The van der Waals surface area contributed by atoms with E-state index in [2.05, 4.69) is 10.9 Å². The van der Waals surface area contributed by atoms with E-state index in [1.165, 1.54) is 18.2 Å². The Bertz CT molecular complexity index is 659. The first-order chi connectivity index (χ1) is 10.6. The summed E-state index contributed by atoms with van der Waals surface area (Å²) in [5.74, 6) is -2.03. The molecule has 0 aliphatic heterocycles. The molecule has 0 radical (unpaired) electrons. The van der Waals surface area contributed by atoms with Crippen LogP contribution < -0.4 is 10.9 Å². The van der Waals surface area contributed by atoms with Gasteiger partial charge in [-0.05, 0) is 24.1 Å². The summed E-state index contributed by atoms with van der Waals surface area (Å²) in [5.41, 5.74) is 5.35. The zero-order valence-electron chi connectivity index (χ0n) is 12.2. The molecule has 2 N–H and O–H groups in total. The highest BCUT2D eigenvalue weighted by atomic mass is 19.1. The maximum Gasteiger partial charge on any atom is 0.272 e. The van der Waals surface area contributed by atoms with Gasteiger partial charge in [0, 0.05) is 0 Å². The maximum atomic E-state index is 13.5. The van der Waals surface area contributed by atoms with Crippen molar-refractivity contribution in [3.8, 4) is 0 Å². The largest absolute Gasteiger partial charge is 0.273 e. The quantitative estimate of drug-likeness (QED) is 0.853. The van der Waals surface area contributed by atoms with Gasteiger partial charge >= 0.3 is 0 Å². The summed E-state index contributed by atoms with van der Waals surface area (Å²) in [6, 6.07) is 14.9. The lowest BCUT2D eigenvalue weighted by molar-refractivity contribution is -0.123. The topological polar surface area (TPSA) is 58.2 Å². The molecule has 0 saturated carbocycles. The van der Waals surface area contributed by atoms with Gasteiger partial charge in [0.25, 0.3) is 5.91 Å². The molecule has 1 unspecified atom stereocenters. The van der Waals surface area contributed by atoms with E-state index in [-0.39, 0.29) is 17.4 Å². The number of hydrogen-bond acceptors (Lipinski definition) is 2. The van der Waals surface area contributed by atoms with E-state index in [9.17, 15) is 14.0 Å². The molecule has 5 heteroatoms. The van der Waals surface area contributed by atoms with E-state index in [0.717, 1.165) is 5.56 Å². The van der Waals surface area contributed by atoms with E-state index in [1.807, 2.05) is 37.3 Å². The van der Waals surface area contributed by atoms with Crippen LogP contribution in [0.1, 0.15) is 35.2 Å². The zero-order chi connectivity index (χ0) is 15.9. The van der Waals surface area contributed by atoms with Gasteiger partial charge in [-0.3, -0.25) is 20.4 Å². The molecule has 0 aliphatic carbocycles. The molecule has 2 aromatic carbocycles. The summed E-state index contributed by atoms with van der Waals surface area (Å²) in [5, 5.41) is 0. The van der Waals surface area contributed by atoms with Gasteiger partial charge in [-0.2, -0.15) is 0 Å². The average Bonchev–Trinajstić information content (AvgIpc) is 2.55. The third kappa shape index (κ3) is 3.69. The minimum Gasteiger partial charge on any atom is -0.273 e. The first-order valence-corrected chi connectivity index (χ1v) is 7.03. The zero-order valence-corrected chi connectivity index (χ0v) is 12.2. The molecule has 2 aromatic rings. The van der Waals surface area contributed by atoms with Crippen LogP contribution in [0.4, 0.5) is 4.39 Å². The van der Waals surface area contributed by atoms with E-state index in [4.69, 9.17) is 0 Å². The van der Waals surface area contributed by atoms with Crippen molar-refractivity contribution in [2.45, 2.75) is 19.3 Å². The van der Waals surface area contributed by atoms with E-state index >= 15 is 0 Å². The van der Waals surface area contributed by atoms with Gasteiger partial charge in [0.1, 0.15) is 5.82 Å². The predicted octanol–water partition coefficient (Wildman–Crippen LogP) is 2.78. The summed E-state index contributed by atoms with van der Waals surface area (Å²) < 4.78 is 13.5. The van der Waals surface area contributed by atoms with E-state index < -0.39 is 11.7 Å². The molecule has 0 bridgehead atoms. The van der Waals surface area contributed by atoms with Crippen LogP contribution in [0.15, 0.2) is 54.6 Å². The Morgan fingerprint density at radius 3 is 2.27 bits per heavy atom. The SMILES string of the molecule is CCC(C(=O)NNC(=O)c1ccccc1F)c1ccccc1. The molecule has 0 fully saturated rings. The van der Waals surface area contributed by atoms with E-state index in [0.29, 0.717) is 6.42 Å². The minimum absolute atomic E-state index is 0.115. The van der Waals surface area contributed by atoms with E-state index in [1.54, 1.807) is 6.07 Å². The summed E-state index contributed by atoms with van der Waals surface area (Å²) in [6.07, 6.45) is 0.589. The highest BCUT2D eigenvalue weighted by Gasteiger charge is 2.19. The smallest absolute Gasteiger partial charge is 0.272 e. The second-order valence-corrected chi connectivity index (χ2v) is 4.79. The number of amides is 2. The summed E-state index contributed by atoms with van der Waals surface area (Å²) in [7, 11) is 0. The average molecular weight is 300 g/mol. The normalized spacial score (nSPS) is 11.5. The molecular weight excluding hydrogens is 283 g/mol. The Kier molecular flexibility index (Phi) is 5.25. The highest BCUT2D eigenvalue weighted by Crippen LogP contribution is 2.18. The fourth-order valence-corrected chi connectivity index (χ4v) is 2.18. The van der Waals surface area contributed by atoms with Gasteiger partial charge in [0.15, 0.2) is 0 Å². The Hall–Kier alpha value is -2.69. The van der Waals surface area contributed by atoms with Crippen LogP contribution in [0, 0.1) is 5.82 Å². The number of benzene rings is 2. The van der Waals surface area contributed by atoms with Gasteiger partial charge in [0.2, 0.25) is 5.91 Å². The number of hydrazine groups is 1. The number of halogens is 1. The van der Waals surface area contributed by atoms with Crippen LogP contribution in [0.25, 0.3) is 0 Å². The van der Waals surface area contributed by atoms with Crippen LogP contribution in [-0.4, -0.2) is 11.8 Å². The van der Waals surface area contributed by atoms with Crippen LogP contribution in [-0.2, 0) is 4.79 Å². The van der Waals surface area contributed by atoms with Crippen LogP contribution in [0.2, 0.25) is 0 Å². The minimum atomic E-state index is -0.686. The molecule has 0 saturated heterocycles. The lowest BCUT2D eigenvalue weighted by Gasteiger charge is -2.16. The molecule has 2 rings (SSSR count). The Morgan fingerprint density at radius 1 is 1.00 bits per heavy atom. The van der Waals surface area contributed by atoms with Gasteiger partial charge in [-0.25, -0.2) is 4.39 Å². The van der Waals surface area contributed by atoms with Crippen LogP contribution in [0.3, 0.4) is 0 Å². The molecule has 0 spiro atoms. The first-order valence-electron chi connectivity index (χ1n) is 7.03. The Balaban J connectivity index is 2.00. The van der Waals surface area contributed by atoms with Crippen molar-refractivity contribution >= 4 is 11.8 Å². The summed E-state index contributed by atoms with van der Waals surface area (Å²) in [6.45, 7) is 1.88. The second kappa shape index (κ2) is 7.36. The molecule has 2 amide bonds. The highest BCUT2D eigenvalue weighted by molar-refractivity contribution is 5.96. The molecule has 22 heavy (non-hydrogen) atoms. The molecule has 0 aliphatic rings. The van der Waals surface area contributed by atoms with Crippen molar-refractivity contribution < 1.29 is 14.0 Å². The monoisotopic (exact) mass is 300 g/mol. The number of hydrogen-bond donors (Lipinski definition) is 2. The fourth-order valence-electron chi connectivity index (χ4n) is 2.18. The van der Waals surface area contributed by atoms with Crippen molar-refractivity contribution in [1.29, 1.82) is 0 Å². The van der Waals surface area contributed by atoms with Crippen LogP contribution >= 0.6 is 0 Å². The molecule has 114 valence electrons. The first kappa shape index (κ1) is 15.7. The number of nitrogens with one attached hydrogen (secondary N) is 2. The lowest BCUT2D eigenvalue weighted by Crippen LogP contribution is -2.44. The Morgan fingerprint density at radius 2 is 1.64 bits per heavy atom. The van der Waals surface area contributed by atoms with Gasteiger partial charge in [0.05, 0.1) is 11.5 Å². The van der Waals surface area contributed by atoms with Crippen molar-refractivity contribution in [2.24, 2.45) is 0 Å². The Labute approximate surface area is 128 Å². The third-order valence-corrected chi connectivity index (χ3v) is 3.34. The van der Waals surface area contributed by atoms with Gasteiger partial charge < -0.3 is 0 Å². The molecule has 0 heterocycles. The predicted molar refractivity (Wildman–Crippen MR) is 81.5 cm³/mol. The standard InChI is InChI=1S/C17H17FN2O2/c1-2-13(12-8-4-3-5-9-12)16(21)19-20-17(22)14-10-6-7-11-15(14)18/h3-11,13H,2H2,1H3,(H,19,21)(H,20,22). The van der Waals surface area contributed by atoms with Gasteiger partial charge in [-0.15, -0.1) is 0 Å². The third-order valence-electron chi connectivity index (χ3n) is 3.34.